The van der Waals surface area contributed by atoms with E-state index in [1.807, 2.05) is 6.07 Å². The molecule has 0 aliphatic carbocycles. The monoisotopic (exact) mass is 411 g/mol. The number of carbonyl (C=O) groups excluding carboxylic acids is 1. The van der Waals surface area contributed by atoms with Gasteiger partial charge in [-0.25, -0.2) is 9.59 Å². The minimum atomic E-state index is -1.36. The molecule has 1 heterocycles. The maximum atomic E-state index is 12.4. The Labute approximate surface area is 169 Å². The van der Waals surface area contributed by atoms with E-state index in [9.17, 15) is 9.59 Å². The smallest absolute Gasteiger partial charge is 0.394 e. The Morgan fingerprint density at radius 1 is 1.17 bits per heavy atom. The number of aromatic nitrogens is 2. The molecule has 3 aromatic rings. The quantitative estimate of drug-likeness (QED) is 0.564. The number of aromatic carboxylic acids is 1. The number of halogens is 1. The van der Waals surface area contributed by atoms with Gasteiger partial charge < -0.3 is 20.3 Å². The lowest BCUT2D eigenvalue weighted by atomic mass is 10.1. The van der Waals surface area contributed by atoms with Gasteiger partial charge in [-0.15, -0.1) is 0 Å². The molecule has 0 saturated carbocycles. The molecule has 2 aromatic carbocycles. The highest BCUT2D eigenvalue weighted by Gasteiger charge is 2.23. The molecule has 146 valence electrons. The summed E-state index contributed by atoms with van der Waals surface area (Å²) in [6.45, 7) is 0. The number of nitrogens with zero attached hydrogens (tertiary/aromatic N) is 3. The molecule has 0 unspecified atom stereocenters. The molecule has 0 fully saturated rings. The molecule has 3 N–H and O–H groups in total. The van der Waals surface area contributed by atoms with Crippen molar-refractivity contribution in [3.05, 3.63) is 76.4 Å². The largest absolute Gasteiger partial charge is 0.474 e. The van der Waals surface area contributed by atoms with Crippen LogP contribution in [0.15, 0.2) is 53.1 Å². The van der Waals surface area contributed by atoms with E-state index in [0.717, 1.165) is 5.56 Å². The first-order valence-corrected chi connectivity index (χ1v) is 8.71. The molecule has 0 bridgehead atoms. The van der Waals surface area contributed by atoms with Gasteiger partial charge in [-0.05, 0) is 42.0 Å². The number of carboxylic acid groups (broad SMARTS) is 1. The van der Waals surface area contributed by atoms with Crippen LogP contribution in [-0.2, 0) is 6.42 Å². The lowest BCUT2D eigenvalue weighted by molar-refractivity contribution is 0.0643. The van der Waals surface area contributed by atoms with Crippen molar-refractivity contribution >= 4 is 29.3 Å². The third kappa shape index (κ3) is 5.31. The van der Waals surface area contributed by atoms with Crippen molar-refractivity contribution in [2.45, 2.75) is 12.5 Å². The molecule has 0 spiro atoms. The summed E-state index contributed by atoms with van der Waals surface area (Å²) in [5.41, 5.74) is 1.76. The van der Waals surface area contributed by atoms with Gasteiger partial charge in [0.2, 0.25) is 0 Å². The number of carbonyl (C=O) groups is 2. The topological polar surface area (TPSA) is 141 Å². The molecule has 3 rings (SSSR count). The molecule has 0 aliphatic rings. The number of nitriles is 1. The number of rotatable bonds is 6. The number of amides is 2. The third-order valence-electron chi connectivity index (χ3n) is 3.87. The number of hydrogen-bond acceptors (Lipinski definition) is 6. The van der Waals surface area contributed by atoms with E-state index in [1.165, 1.54) is 0 Å². The lowest BCUT2D eigenvalue weighted by Crippen LogP contribution is -2.34. The van der Waals surface area contributed by atoms with Gasteiger partial charge in [0, 0.05) is 17.1 Å². The Morgan fingerprint density at radius 2 is 1.86 bits per heavy atom. The van der Waals surface area contributed by atoms with E-state index in [1.54, 1.807) is 48.5 Å². The second-order valence-corrected chi connectivity index (χ2v) is 6.37. The first-order chi connectivity index (χ1) is 13.9. The number of anilines is 1. The van der Waals surface area contributed by atoms with Crippen LogP contribution in [0.1, 0.15) is 33.7 Å². The molecule has 0 radical (unpaired) electrons. The van der Waals surface area contributed by atoms with E-state index >= 15 is 0 Å². The first-order valence-electron chi connectivity index (χ1n) is 8.33. The summed E-state index contributed by atoms with van der Waals surface area (Å²) in [6, 6.07) is 13.9. The number of carboxylic acids is 1. The van der Waals surface area contributed by atoms with E-state index in [2.05, 4.69) is 20.8 Å². The molecule has 9 nitrogen and oxygen atoms in total. The van der Waals surface area contributed by atoms with Crippen LogP contribution in [-0.4, -0.2) is 27.2 Å². The van der Waals surface area contributed by atoms with Crippen molar-refractivity contribution < 1.29 is 19.2 Å². The van der Waals surface area contributed by atoms with Crippen LogP contribution in [0.4, 0.5) is 10.5 Å². The summed E-state index contributed by atoms with van der Waals surface area (Å²) in [5.74, 6) is -1.92. The lowest BCUT2D eigenvalue weighted by Gasteiger charge is -2.16. The molecule has 0 saturated heterocycles. The van der Waals surface area contributed by atoms with Crippen molar-refractivity contribution in [3.63, 3.8) is 0 Å². The van der Waals surface area contributed by atoms with Crippen LogP contribution in [0.5, 0.6) is 0 Å². The fraction of sp³-hybridized carbons (Fsp3) is 0.105. The van der Waals surface area contributed by atoms with Gasteiger partial charge in [-0.1, -0.05) is 28.9 Å². The van der Waals surface area contributed by atoms with Crippen molar-refractivity contribution in [1.82, 2.24) is 15.5 Å². The van der Waals surface area contributed by atoms with Crippen molar-refractivity contribution in [3.8, 4) is 6.07 Å². The zero-order chi connectivity index (χ0) is 20.8. The van der Waals surface area contributed by atoms with Crippen molar-refractivity contribution in [2.24, 2.45) is 0 Å². The van der Waals surface area contributed by atoms with Gasteiger partial charge in [0.25, 0.3) is 0 Å². The highest BCUT2D eigenvalue weighted by atomic mass is 35.5. The summed E-state index contributed by atoms with van der Waals surface area (Å²) in [6.07, 6.45) is 0.274. The Bertz CT molecular complexity index is 1060. The predicted octanol–water partition coefficient (Wildman–Crippen LogP) is 3.40. The van der Waals surface area contributed by atoms with Crippen LogP contribution in [0, 0.1) is 11.3 Å². The average molecular weight is 412 g/mol. The summed E-state index contributed by atoms with van der Waals surface area (Å²) in [4.78, 5) is 27.3. The zero-order valence-corrected chi connectivity index (χ0v) is 15.6. The maximum absolute atomic E-state index is 12.4. The van der Waals surface area contributed by atoms with Gasteiger partial charge in [0.05, 0.1) is 17.7 Å². The normalized spacial score (nSPS) is 11.3. The SMILES string of the molecule is N#Cc1ccc(NC(=O)N[C@@H](Cc2ccc(Cl)cc2)c2noc(C(=O)O)n2)cc1. The Kier molecular flexibility index (Phi) is 6.06. The molecule has 10 heteroatoms. The van der Waals surface area contributed by atoms with E-state index in [-0.39, 0.29) is 12.2 Å². The molecular formula is C19H14ClN5O4. The molecular weight excluding hydrogens is 398 g/mol. The summed E-state index contributed by atoms with van der Waals surface area (Å²) < 4.78 is 4.71. The average Bonchev–Trinajstić information content (AvgIpc) is 3.20. The number of benzene rings is 2. The van der Waals surface area contributed by atoms with Crippen LogP contribution in [0.25, 0.3) is 0 Å². The fourth-order valence-corrected chi connectivity index (χ4v) is 2.61. The summed E-state index contributed by atoms with van der Waals surface area (Å²) in [7, 11) is 0. The number of urea groups is 1. The summed E-state index contributed by atoms with van der Waals surface area (Å²) in [5, 5.41) is 27.4. The Hall–Kier alpha value is -3.90. The number of hydrogen-bond donors (Lipinski definition) is 3. The second kappa shape index (κ2) is 8.86. The third-order valence-corrected chi connectivity index (χ3v) is 4.12. The number of nitrogens with one attached hydrogen (secondary N) is 2. The van der Waals surface area contributed by atoms with Crippen LogP contribution < -0.4 is 10.6 Å². The fourth-order valence-electron chi connectivity index (χ4n) is 2.48. The predicted molar refractivity (Wildman–Crippen MR) is 102 cm³/mol. The maximum Gasteiger partial charge on any atom is 0.394 e. The van der Waals surface area contributed by atoms with Crippen molar-refractivity contribution in [2.75, 3.05) is 5.32 Å². The zero-order valence-electron chi connectivity index (χ0n) is 14.8. The molecule has 0 aliphatic heterocycles. The standard InChI is InChI=1S/C19H14ClN5O4/c20-13-5-1-11(2-6-13)9-15(16-24-17(18(26)27)29-25-16)23-19(28)22-14-7-3-12(10-21)4-8-14/h1-8,15H,9H2,(H,26,27)(H2,22,23,28)/t15-/m0/s1. The van der Waals surface area contributed by atoms with Crippen LogP contribution >= 0.6 is 11.6 Å². The van der Waals surface area contributed by atoms with E-state index in [4.69, 9.17) is 26.5 Å². The molecule has 1 atom stereocenters. The van der Waals surface area contributed by atoms with E-state index < -0.39 is 23.9 Å². The van der Waals surface area contributed by atoms with Gasteiger partial charge in [0.1, 0.15) is 0 Å². The van der Waals surface area contributed by atoms with Gasteiger partial charge in [-0.2, -0.15) is 10.2 Å². The van der Waals surface area contributed by atoms with Gasteiger partial charge >= 0.3 is 17.9 Å². The second-order valence-electron chi connectivity index (χ2n) is 5.93. The molecule has 1 aromatic heterocycles. The highest BCUT2D eigenvalue weighted by molar-refractivity contribution is 6.30. The highest BCUT2D eigenvalue weighted by Crippen LogP contribution is 2.19. The van der Waals surface area contributed by atoms with Gasteiger partial charge in [0.15, 0.2) is 5.82 Å². The van der Waals surface area contributed by atoms with Crippen LogP contribution in [0.3, 0.4) is 0 Å². The Balaban J connectivity index is 1.77. The van der Waals surface area contributed by atoms with Crippen LogP contribution in [0.2, 0.25) is 5.02 Å². The minimum Gasteiger partial charge on any atom is -0.474 e. The first kappa shape index (κ1) is 19.9. The summed E-state index contributed by atoms with van der Waals surface area (Å²) >= 11 is 5.89. The van der Waals surface area contributed by atoms with Gasteiger partial charge in [-0.3, -0.25) is 0 Å². The van der Waals surface area contributed by atoms with E-state index in [0.29, 0.717) is 16.3 Å². The molecule has 2 amide bonds. The molecule has 29 heavy (non-hydrogen) atoms. The van der Waals surface area contributed by atoms with Crippen molar-refractivity contribution in [1.29, 1.82) is 5.26 Å². The Morgan fingerprint density at radius 3 is 2.45 bits per heavy atom. The minimum absolute atomic E-state index is 0.0207.